The topological polar surface area (TPSA) is 73.4 Å². The zero-order valence-corrected chi connectivity index (χ0v) is 16.1. The van der Waals surface area contributed by atoms with E-state index in [1.54, 1.807) is 0 Å². The van der Waals surface area contributed by atoms with Gasteiger partial charge in [-0.25, -0.2) is 4.79 Å². The van der Waals surface area contributed by atoms with E-state index in [0.29, 0.717) is 6.42 Å². The first-order chi connectivity index (χ1) is 11.6. The fraction of sp³-hybridized carbons (Fsp3) is 0.650. The molecular weight excluding hydrogens is 314 g/mol. The molecule has 1 saturated heterocycles. The molecule has 2 atom stereocenters. The monoisotopic (exact) mass is 347 g/mol. The van der Waals surface area contributed by atoms with Crippen molar-refractivity contribution in [2.24, 2.45) is 0 Å². The molecule has 0 saturated carbocycles. The maximum atomic E-state index is 12.3. The van der Waals surface area contributed by atoms with Gasteiger partial charge in [-0.15, -0.1) is 0 Å². The summed E-state index contributed by atoms with van der Waals surface area (Å²) in [5.41, 5.74) is 0.863. The molecule has 1 aromatic rings. The first kappa shape index (κ1) is 19.7. The molecular formula is C20H33N3O2. The molecule has 1 aromatic carbocycles. The molecule has 5 nitrogen and oxygen atoms in total. The molecule has 2 unspecified atom stereocenters. The summed E-state index contributed by atoms with van der Waals surface area (Å²) < 4.78 is 0. The van der Waals surface area contributed by atoms with Crippen LogP contribution >= 0.6 is 0 Å². The molecule has 1 fully saturated rings. The lowest BCUT2D eigenvalue weighted by molar-refractivity contribution is 0.143. The summed E-state index contributed by atoms with van der Waals surface area (Å²) in [6.07, 6.45) is 1.70. The van der Waals surface area contributed by atoms with E-state index in [4.69, 9.17) is 0 Å². The van der Waals surface area contributed by atoms with Crippen molar-refractivity contribution >= 4 is 6.03 Å². The van der Waals surface area contributed by atoms with Crippen molar-refractivity contribution in [2.45, 2.75) is 83.1 Å². The molecule has 0 spiro atoms. The summed E-state index contributed by atoms with van der Waals surface area (Å²) in [7, 11) is 0. The van der Waals surface area contributed by atoms with E-state index in [1.807, 2.05) is 37.3 Å². The van der Waals surface area contributed by atoms with E-state index in [1.165, 1.54) is 0 Å². The Morgan fingerprint density at radius 2 is 1.76 bits per heavy atom. The van der Waals surface area contributed by atoms with Gasteiger partial charge in [0.05, 0.1) is 6.10 Å². The first-order valence-electron chi connectivity index (χ1n) is 9.16. The highest BCUT2D eigenvalue weighted by atomic mass is 16.3. The minimum atomic E-state index is -0.576. The molecule has 1 aliphatic rings. The number of benzene rings is 1. The molecule has 0 radical (unpaired) electrons. The van der Waals surface area contributed by atoms with Gasteiger partial charge in [0.1, 0.15) is 0 Å². The SMILES string of the molecule is CC(CC(O)c1ccccc1)NC(=O)NC1CC(C)(C)NC(C)(C)C1. The molecule has 25 heavy (non-hydrogen) atoms. The van der Waals surface area contributed by atoms with E-state index in [0.717, 1.165) is 18.4 Å². The van der Waals surface area contributed by atoms with E-state index < -0.39 is 6.10 Å². The molecule has 4 N–H and O–H groups in total. The van der Waals surface area contributed by atoms with Crippen molar-refractivity contribution in [1.82, 2.24) is 16.0 Å². The molecule has 1 heterocycles. The summed E-state index contributed by atoms with van der Waals surface area (Å²) in [6.45, 7) is 10.6. The Morgan fingerprint density at radius 1 is 1.20 bits per heavy atom. The highest BCUT2D eigenvalue weighted by Crippen LogP contribution is 2.28. The minimum Gasteiger partial charge on any atom is -0.388 e. The number of amides is 2. The number of hydrogen-bond donors (Lipinski definition) is 4. The van der Waals surface area contributed by atoms with Crippen LogP contribution in [0.4, 0.5) is 4.79 Å². The quantitative estimate of drug-likeness (QED) is 0.661. The average molecular weight is 348 g/mol. The van der Waals surface area contributed by atoms with Crippen LogP contribution in [0, 0.1) is 0 Å². The zero-order valence-electron chi connectivity index (χ0n) is 16.1. The second-order valence-corrected chi connectivity index (χ2v) is 8.68. The second-order valence-electron chi connectivity index (χ2n) is 8.68. The number of rotatable bonds is 5. The van der Waals surface area contributed by atoms with Crippen molar-refractivity contribution in [3.63, 3.8) is 0 Å². The Labute approximate surface area is 151 Å². The largest absolute Gasteiger partial charge is 0.388 e. The van der Waals surface area contributed by atoms with Gasteiger partial charge >= 0.3 is 6.03 Å². The van der Waals surface area contributed by atoms with Crippen LogP contribution < -0.4 is 16.0 Å². The number of carbonyl (C=O) groups excluding carboxylic acids is 1. The molecule has 0 aliphatic carbocycles. The predicted octanol–water partition coefficient (Wildman–Crippen LogP) is 3.11. The third-order valence-corrected chi connectivity index (χ3v) is 4.66. The smallest absolute Gasteiger partial charge is 0.315 e. The number of hydrogen-bond acceptors (Lipinski definition) is 3. The third kappa shape index (κ3) is 6.33. The van der Waals surface area contributed by atoms with Crippen molar-refractivity contribution in [3.8, 4) is 0 Å². The van der Waals surface area contributed by atoms with Gasteiger partial charge in [-0.05, 0) is 59.4 Å². The lowest BCUT2D eigenvalue weighted by Crippen LogP contribution is -2.63. The molecule has 2 amide bonds. The van der Waals surface area contributed by atoms with Crippen molar-refractivity contribution in [2.75, 3.05) is 0 Å². The average Bonchev–Trinajstić information content (AvgIpc) is 2.44. The lowest BCUT2D eigenvalue weighted by Gasteiger charge is -2.46. The van der Waals surface area contributed by atoms with Crippen LogP contribution in [0.15, 0.2) is 30.3 Å². The third-order valence-electron chi connectivity index (χ3n) is 4.66. The summed E-state index contributed by atoms with van der Waals surface area (Å²) >= 11 is 0. The summed E-state index contributed by atoms with van der Waals surface area (Å²) in [6, 6.07) is 9.40. The van der Waals surface area contributed by atoms with Crippen molar-refractivity contribution in [1.29, 1.82) is 0 Å². The molecule has 0 aromatic heterocycles. The summed E-state index contributed by atoms with van der Waals surface area (Å²) in [5, 5.41) is 20.0. The van der Waals surface area contributed by atoms with Gasteiger partial charge in [0.2, 0.25) is 0 Å². The van der Waals surface area contributed by atoms with Crippen molar-refractivity contribution in [3.05, 3.63) is 35.9 Å². The van der Waals surface area contributed by atoms with Crippen LogP contribution in [0.1, 0.15) is 65.5 Å². The molecule has 0 bridgehead atoms. The van der Waals surface area contributed by atoms with E-state index in [2.05, 4.69) is 43.6 Å². The summed E-state index contributed by atoms with van der Waals surface area (Å²) in [4.78, 5) is 12.3. The van der Waals surface area contributed by atoms with Crippen LogP contribution in [0.2, 0.25) is 0 Å². The van der Waals surface area contributed by atoms with E-state index in [9.17, 15) is 9.90 Å². The lowest BCUT2D eigenvalue weighted by atomic mass is 9.80. The van der Waals surface area contributed by atoms with E-state index in [-0.39, 0.29) is 29.2 Å². The number of urea groups is 1. The van der Waals surface area contributed by atoms with Crippen molar-refractivity contribution < 1.29 is 9.90 Å². The van der Waals surface area contributed by atoms with Crippen LogP contribution in [0.25, 0.3) is 0 Å². The van der Waals surface area contributed by atoms with Gasteiger partial charge in [-0.3, -0.25) is 0 Å². The highest BCUT2D eigenvalue weighted by Gasteiger charge is 2.38. The van der Waals surface area contributed by atoms with Crippen LogP contribution in [0.5, 0.6) is 0 Å². The zero-order chi connectivity index (χ0) is 18.7. The van der Waals surface area contributed by atoms with Gasteiger partial charge in [0.15, 0.2) is 0 Å². The Balaban J connectivity index is 1.83. The number of carbonyl (C=O) groups is 1. The second kappa shape index (κ2) is 7.75. The fourth-order valence-corrected chi connectivity index (χ4v) is 4.08. The Morgan fingerprint density at radius 3 is 2.32 bits per heavy atom. The molecule has 1 aliphatic heterocycles. The highest BCUT2D eigenvalue weighted by molar-refractivity contribution is 5.74. The maximum absolute atomic E-state index is 12.3. The van der Waals surface area contributed by atoms with E-state index >= 15 is 0 Å². The van der Waals surface area contributed by atoms with Gasteiger partial charge in [0.25, 0.3) is 0 Å². The normalized spacial score (nSPS) is 22.0. The molecule has 140 valence electrons. The maximum Gasteiger partial charge on any atom is 0.315 e. The fourth-order valence-electron chi connectivity index (χ4n) is 4.08. The number of aliphatic hydroxyl groups is 1. The molecule has 5 heteroatoms. The van der Waals surface area contributed by atoms with Gasteiger partial charge in [-0.1, -0.05) is 30.3 Å². The number of aliphatic hydroxyl groups excluding tert-OH is 1. The van der Waals surface area contributed by atoms with Crippen LogP contribution in [-0.2, 0) is 0 Å². The Kier molecular flexibility index (Phi) is 6.12. The van der Waals surface area contributed by atoms with Gasteiger partial charge < -0.3 is 21.1 Å². The predicted molar refractivity (Wildman–Crippen MR) is 101 cm³/mol. The van der Waals surface area contributed by atoms with Gasteiger partial charge in [-0.2, -0.15) is 0 Å². The first-order valence-corrected chi connectivity index (χ1v) is 9.16. The number of nitrogens with one attached hydrogen (secondary N) is 3. The molecule has 2 rings (SSSR count). The van der Waals surface area contributed by atoms with Gasteiger partial charge in [0, 0.05) is 23.2 Å². The minimum absolute atomic E-state index is 0.00514. The standard InChI is InChI=1S/C20H33N3O2/c1-14(11-17(24)15-9-7-6-8-10-15)21-18(25)22-16-12-19(2,3)23-20(4,5)13-16/h6-10,14,16-17,23-24H,11-13H2,1-5H3,(H2,21,22,25). The Bertz CT molecular complexity index is 556. The number of piperidine rings is 1. The summed E-state index contributed by atoms with van der Waals surface area (Å²) in [5.74, 6) is 0. The van der Waals surface area contributed by atoms with Crippen LogP contribution in [0.3, 0.4) is 0 Å². The Hall–Kier alpha value is -1.59. The van der Waals surface area contributed by atoms with Crippen LogP contribution in [-0.4, -0.2) is 34.3 Å².